The van der Waals surface area contributed by atoms with Gasteiger partial charge in [-0.25, -0.2) is 4.98 Å². The van der Waals surface area contributed by atoms with Crippen molar-refractivity contribution < 1.29 is 14.0 Å². The summed E-state index contributed by atoms with van der Waals surface area (Å²) in [5.74, 6) is 0.439. The number of benzene rings is 1. The number of carbonyl (C=O) groups excluding carboxylic acids is 2. The molecule has 0 bridgehead atoms. The summed E-state index contributed by atoms with van der Waals surface area (Å²) < 4.78 is 5.43. The van der Waals surface area contributed by atoms with Gasteiger partial charge in [-0.05, 0) is 37.0 Å². The van der Waals surface area contributed by atoms with Gasteiger partial charge in [0.25, 0.3) is 0 Å². The van der Waals surface area contributed by atoms with Crippen LogP contribution in [0.3, 0.4) is 0 Å². The van der Waals surface area contributed by atoms with Crippen LogP contribution in [0.4, 0.5) is 5.69 Å². The van der Waals surface area contributed by atoms with Crippen LogP contribution >= 0.6 is 0 Å². The number of aryl methyl sites for hydroxylation is 1. The molecule has 1 heterocycles. The van der Waals surface area contributed by atoms with Crippen LogP contribution in [0.25, 0.3) is 11.1 Å². The second-order valence-corrected chi connectivity index (χ2v) is 6.13. The van der Waals surface area contributed by atoms with E-state index in [0.717, 1.165) is 25.7 Å². The Morgan fingerprint density at radius 3 is 2.74 bits per heavy atom. The van der Waals surface area contributed by atoms with Gasteiger partial charge in [-0.2, -0.15) is 0 Å². The fourth-order valence-electron chi connectivity index (χ4n) is 3.25. The maximum Gasteiger partial charge on any atom is 0.247 e. The lowest BCUT2D eigenvalue weighted by molar-refractivity contribution is -0.126. The van der Waals surface area contributed by atoms with Crippen LogP contribution in [-0.2, 0) is 9.59 Å². The van der Waals surface area contributed by atoms with Gasteiger partial charge in [0.05, 0.1) is 0 Å². The molecule has 1 aliphatic rings. The Bertz CT molecular complexity index is 732. The average molecular weight is 315 g/mol. The van der Waals surface area contributed by atoms with E-state index in [2.05, 4.69) is 15.6 Å². The second-order valence-electron chi connectivity index (χ2n) is 6.13. The standard InChI is InChI=1S/C17H21N3O3/c1-10(21)18-16(12-5-3-4-6-12)17(22)20-13-7-8-15-14(9-13)19-11(2)23-15/h7-9,12,16H,3-6H2,1-2H3,(H,18,21)(H,20,22). The molecule has 6 nitrogen and oxygen atoms in total. The van der Waals surface area contributed by atoms with Crippen LogP contribution < -0.4 is 10.6 Å². The first-order valence-corrected chi connectivity index (χ1v) is 7.98. The van der Waals surface area contributed by atoms with Crippen LogP contribution in [0.15, 0.2) is 22.6 Å². The number of aromatic nitrogens is 1. The lowest BCUT2D eigenvalue weighted by atomic mass is 9.97. The molecule has 2 amide bonds. The maximum atomic E-state index is 12.6. The molecule has 122 valence electrons. The van der Waals surface area contributed by atoms with Crippen molar-refractivity contribution >= 4 is 28.6 Å². The molecule has 0 saturated heterocycles. The van der Waals surface area contributed by atoms with E-state index >= 15 is 0 Å². The number of fused-ring (bicyclic) bond motifs is 1. The zero-order chi connectivity index (χ0) is 16.4. The first-order chi connectivity index (χ1) is 11.0. The smallest absolute Gasteiger partial charge is 0.247 e. The van der Waals surface area contributed by atoms with E-state index < -0.39 is 6.04 Å². The van der Waals surface area contributed by atoms with E-state index in [0.29, 0.717) is 22.7 Å². The summed E-state index contributed by atoms with van der Waals surface area (Å²) >= 11 is 0. The summed E-state index contributed by atoms with van der Waals surface area (Å²) in [5, 5.41) is 5.69. The Labute approximate surface area is 134 Å². The Hall–Kier alpha value is -2.37. The highest BCUT2D eigenvalue weighted by atomic mass is 16.3. The van der Waals surface area contributed by atoms with E-state index in [-0.39, 0.29) is 17.7 Å². The SMILES string of the molecule is CC(=O)NC(C(=O)Nc1ccc2oc(C)nc2c1)C1CCCC1. The molecule has 6 heteroatoms. The quantitative estimate of drug-likeness (QED) is 0.908. The average Bonchev–Trinajstić information content (AvgIpc) is 3.12. The van der Waals surface area contributed by atoms with Crippen LogP contribution in [-0.4, -0.2) is 22.8 Å². The molecular formula is C17H21N3O3. The fourth-order valence-corrected chi connectivity index (χ4v) is 3.25. The highest BCUT2D eigenvalue weighted by Crippen LogP contribution is 2.28. The molecule has 1 aliphatic carbocycles. The Morgan fingerprint density at radius 1 is 1.30 bits per heavy atom. The summed E-state index contributed by atoms with van der Waals surface area (Å²) in [5.41, 5.74) is 2.05. The van der Waals surface area contributed by atoms with E-state index in [1.165, 1.54) is 6.92 Å². The van der Waals surface area contributed by atoms with Crippen molar-refractivity contribution in [3.63, 3.8) is 0 Å². The molecule has 2 aromatic rings. The van der Waals surface area contributed by atoms with Crippen molar-refractivity contribution in [2.24, 2.45) is 5.92 Å². The van der Waals surface area contributed by atoms with Crippen molar-refractivity contribution in [3.8, 4) is 0 Å². The number of hydrogen-bond acceptors (Lipinski definition) is 4. The van der Waals surface area contributed by atoms with E-state index in [1.54, 1.807) is 25.1 Å². The molecule has 0 radical (unpaired) electrons. The monoisotopic (exact) mass is 315 g/mol. The highest BCUT2D eigenvalue weighted by molar-refractivity contribution is 5.98. The van der Waals surface area contributed by atoms with Gasteiger partial charge in [0, 0.05) is 19.5 Å². The molecule has 23 heavy (non-hydrogen) atoms. The maximum absolute atomic E-state index is 12.6. The normalized spacial score (nSPS) is 16.4. The highest BCUT2D eigenvalue weighted by Gasteiger charge is 2.31. The number of amides is 2. The van der Waals surface area contributed by atoms with E-state index in [1.807, 2.05) is 0 Å². The molecule has 2 N–H and O–H groups in total. The third-order valence-electron chi connectivity index (χ3n) is 4.27. The molecule has 0 aliphatic heterocycles. The molecule has 3 rings (SSSR count). The van der Waals surface area contributed by atoms with Gasteiger partial charge < -0.3 is 15.1 Å². The number of anilines is 1. The molecule has 1 aromatic carbocycles. The lowest BCUT2D eigenvalue weighted by Gasteiger charge is -2.23. The zero-order valence-corrected chi connectivity index (χ0v) is 13.4. The number of nitrogens with zero attached hydrogens (tertiary/aromatic N) is 1. The molecule has 1 unspecified atom stereocenters. The second kappa shape index (κ2) is 6.40. The largest absolute Gasteiger partial charge is 0.441 e. The molecular weight excluding hydrogens is 294 g/mol. The summed E-state index contributed by atoms with van der Waals surface area (Å²) in [7, 11) is 0. The fraction of sp³-hybridized carbons (Fsp3) is 0.471. The van der Waals surface area contributed by atoms with Gasteiger partial charge >= 0.3 is 0 Å². The zero-order valence-electron chi connectivity index (χ0n) is 13.4. The predicted molar refractivity (Wildman–Crippen MR) is 86.9 cm³/mol. The van der Waals surface area contributed by atoms with Crippen LogP contribution in [0.5, 0.6) is 0 Å². The number of oxazole rings is 1. The molecule has 1 fully saturated rings. The van der Waals surface area contributed by atoms with Crippen LogP contribution in [0.1, 0.15) is 38.5 Å². The van der Waals surface area contributed by atoms with Gasteiger partial charge in [0.1, 0.15) is 11.6 Å². The van der Waals surface area contributed by atoms with Gasteiger partial charge in [-0.15, -0.1) is 0 Å². The molecule has 1 atom stereocenters. The van der Waals surface area contributed by atoms with E-state index in [4.69, 9.17) is 4.42 Å². The summed E-state index contributed by atoms with van der Waals surface area (Å²) in [6, 6.07) is 4.87. The van der Waals surface area contributed by atoms with Gasteiger partial charge in [0.15, 0.2) is 11.5 Å². The third kappa shape index (κ3) is 3.52. The Morgan fingerprint density at radius 2 is 2.04 bits per heavy atom. The Kier molecular flexibility index (Phi) is 4.32. The minimum absolute atomic E-state index is 0.174. The van der Waals surface area contributed by atoms with Gasteiger partial charge in [-0.3, -0.25) is 9.59 Å². The molecule has 1 aromatic heterocycles. The number of carbonyl (C=O) groups is 2. The van der Waals surface area contributed by atoms with Gasteiger partial charge in [0.2, 0.25) is 11.8 Å². The first-order valence-electron chi connectivity index (χ1n) is 7.98. The van der Waals surface area contributed by atoms with Crippen molar-refractivity contribution in [2.75, 3.05) is 5.32 Å². The predicted octanol–water partition coefficient (Wildman–Crippen LogP) is 2.77. The van der Waals surface area contributed by atoms with E-state index in [9.17, 15) is 9.59 Å². The summed E-state index contributed by atoms with van der Waals surface area (Å²) in [6.45, 7) is 3.23. The number of rotatable bonds is 4. The minimum Gasteiger partial charge on any atom is -0.441 e. The minimum atomic E-state index is -0.482. The van der Waals surface area contributed by atoms with Gasteiger partial charge in [-0.1, -0.05) is 12.8 Å². The lowest BCUT2D eigenvalue weighted by Crippen LogP contribution is -2.47. The molecule has 0 spiro atoms. The Balaban J connectivity index is 1.77. The summed E-state index contributed by atoms with van der Waals surface area (Å²) in [4.78, 5) is 28.3. The van der Waals surface area contributed by atoms with Crippen molar-refractivity contribution in [1.82, 2.24) is 10.3 Å². The van der Waals surface area contributed by atoms with Crippen LogP contribution in [0, 0.1) is 12.8 Å². The van der Waals surface area contributed by atoms with Crippen LogP contribution in [0.2, 0.25) is 0 Å². The molecule has 1 saturated carbocycles. The number of hydrogen-bond donors (Lipinski definition) is 2. The van der Waals surface area contributed by atoms with Crippen molar-refractivity contribution in [3.05, 3.63) is 24.1 Å². The third-order valence-corrected chi connectivity index (χ3v) is 4.27. The topological polar surface area (TPSA) is 84.2 Å². The summed E-state index contributed by atoms with van der Waals surface area (Å²) in [6.07, 6.45) is 4.16. The van der Waals surface area contributed by atoms with Crippen molar-refractivity contribution in [2.45, 2.75) is 45.6 Å². The van der Waals surface area contributed by atoms with Crippen molar-refractivity contribution in [1.29, 1.82) is 0 Å². The first kappa shape index (κ1) is 15.5. The number of nitrogens with one attached hydrogen (secondary N) is 2.